The second-order valence-corrected chi connectivity index (χ2v) is 7.20. The minimum atomic E-state index is -0.626. The maximum atomic E-state index is 12.3. The molecule has 3 amide bonds. The molecule has 1 atom stereocenters. The standard InChI is InChI=1S/C18H25N3O3/c1-11(19-17(24)18(3,4)5)16(23)20-14-6-7-15-13(10-14)8-9-21(15)12(2)22/h6-7,10-11H,8-9H2,1-5H3,(H,19,24)(H,20,23). The predicted molar refractivity (Wildman–Crippen MR) is 93.9 cm³/mol. The summed E-state index contributed by atoms with van der Waals surface area (Å²) in [4.78, 5) is 37.5. The number of fused-ring (bicyclic) bond motifs is 1. The molecule has 0 radical (unpaired) electrons. The number of carbonyl (C=O) groups excluding carboxylic acids is 3. The fraction of sp³-hybridized carbons (Fsp3) is 0.500. The fourth-order valence-corrected chi connectivity index (χ4v) is 2.54. The van der Waals surface area contributed by atoms with Crippen molar-refractivity contribution in [1.82, 2.24) is 5.32 Å². The highest BCUT2D eigenvalue weighted by atomic mass is 16.2. The third-order valence-corrected chi connectivity index (χ3v) is 4.04. The molecule has 0 saturated heterocycles. The maximum Gasteiger partial charge on any atom is 0.246 e. The van der Waals surface area contributed by atoms with Crippen LogP contribution in [0.3, 0.4) is 0 Å². The Morgan fingerprint density at radius 2 is 1.88 bits per heavy atom. The molecule has 2 N–H and O–H groups in total. The monoisotopic (exact) mass is 331 g/mol. The number of hydrogen-bond donors (Lipinski definition) is 2. The van der Waals surface area contributed by atoms with Crippen LogP contribution in [0.1, 0.15) is 40.2 Å². The molecule has 24 heavy (non-hydrogen) atoms. The average molecular weight is 331 g/mol. The van der Waals surface area contributed by atoms with E-state index < -0.39 is 11.5 Å². The van der Waals surface area contributed by atoms with Gasteiger partial charge in [0.2, 0.25) is 17.7 Å². The van der Waals surface area contributed by atoms with Gasteiger partial charge in [-0.15, -0.1) is 0 Å². The number of nitrogens with zero attached hydrogens (tertiary/aromatic N) is 1. The minimum absolute atomic E-state index is 0.0176. The van der Waals surface area contributed by atoms with E-state index in [0.717, 1.165) is 17.7 Å². The van der Waals surface area contributed by atoms with Gasteiger partial charge in [0.15, 0.2) is 0 Å². The maximum absolute atomic E-state index is 12.3. The van der Waals surface area contributed by atoms with Gasteiger partial charge < -0.3 is 15.5 Å². The van der Waals surface area contributed by atoms with Crippen molar-refractivity contribution < 1.29 is 14.4 Å². The lowest BCUT2D eigenvalue weighted by Gasteiger charge is -2.21. The fourth-order valence-electron chi connectivity index (χ4n) is 2.54. The van der Waals surface area contributed by atoms with E-state index in [1.54, 1.807) is 45.6 Å². The van der Waals surface area contributed by atoms with Crippen LogP contribution in [-0.2, 0) is 20.8 Å². The largest absolute Gasteiger partial charge is 0.344 e. The van der Waals surface area contributed by atoms with Crippen molar-refractivity contribution >= 4 is 29.1 Å². The molecule has 2 rings (SSSR count). The van der Waals surface area contributed by atoms with Gasteiger partial charge in [-0.05, 0) is 37.1 Å². The van der Waals surface area contributed by atoms with Gasteiger partial charge in [0.05, 0.1) is 0 Å². The predicted octanol–water partition coefficient (Wildman–Crippen LogP) is 2.08. The average Bonchev–Trinajstić information content (AvgIpc) is 2.89. The smallest absolute Gasteiger partial charge is 0.246 e. The van der Waals surface area contributed by atoms with Crippen molar-refractivity contribution in [3.8, 4) is 0 Å². The normalized spacial score (nSPS) is 14.8. The summed E-state index contributed by atoms with van der Waals surface area (Å²) in [7, 11) is 0. The molecule has 1 aromatic carbocycles. The zero-order chi connectivity index (χ0) is 18.1. The van der Waals surface area contributed by atoms with Crippen LogP contribution >= 0.6 is 0 Å². The van der Waals surface area contributed by atoms with Crippen molar-refractivity contribution in [3.63, 3.8) is 0 Å². The molecule has 0 saturated carbocycles. The number of rotatable bonds is 3. The van der Waals surface area contributed by atoms with Gasteiger partial charge >= 0.3 is 0 Å². The van der Waals surface area contributed by atoms with Gasteiger partial charge in [0, 0.05) is 30.3 Å². The molecule has 0 bridgehead atoms. The number of benzene rings is 1. The molecular formula is C18H25N3O3. The second-order valence-electron chi connectivity index (χ2n) is 7.20. The van der Waals surface area contributed by atoms with E-state index in [1.807, 2.05) is 12.1 Å². The molecule has 1 aromatic rings. The molecule has 0 aliphatic carbocycles. The van der Waals surface area contributed by atoms with Crippen LogP contribution in [0.15, 0.2) is 18.2 Å². The third kappa shape index (κ3) is 3.93. The van der Waals surface area contributed by atoms with E-state index in [1.165, 1.54) is 0 Å². The van der Waals surface area contributed by atoms with Crippen LogP contribution in [0, 0.1) is 5.41 Å². The van der Waals surface area contributed by atoms with Gasteiger partial charge in [-0.3, -0.25) is 14.4 Å². The van der Waals surface area contributed by atoms with Crippen molar-refractivity contribution in [3.05, 3.63) is 23.8 Å². The number of hydrogen-bond acceptors (Lipinski definition) is 3. The summed E-state index contributed by atoms with van der Waals surface area (Å²) in [5.41, 5.74) is 2.06. The van der Waals surface area contributed by atoms with Crippen LogP contribution < -0.4 is 15.5 Å². The first-order chi connectivity index (χ1) is 11.1. The Morgan fingerprint density at radius 3 is 2.46 bits per heavy atom. The summed E-state index contributed by atoms with van der Waals surface area (Å²) in [5.74, 6) is -0.422. The summed E-state index contributed by atoms with van der Waals surface area (Å²) < 4.78 is 0. The second kappa shape index (κ2) is 6.63. The van der Waals surface area contributed by atoms with Crippen LogP contribution in [0.25, 0.3) is 0 Å². The number of carbonyl (C=O) groups is 3. The quantitative estimate of drug-likeness (QED) is 0.890. The molecule has 1 unspecified atom stereocenters. The van der Waals surface area contributed by atoms with Crippen molar-refractivity contribution in [2.24, 2.45) is 5.41 Å². The Hall–Kier alpha value is -2.37. The Labute approximate surface area is 142 Å². The summed E-state index contributed by atoms with van der Waals surface area (Å²) >= 11 is 0. The van der Waals surface area contributed by atoms with E-state index >= 15 is 0 Å². The lowest BCUT2D eigenvalue weighted by atomic mass is 9.95. The Kier molecular flexibility index (Phi) is 4.96. The zero-order valence-corrected chi connectivity index (χ0v) is 14.9. The number of anilines is 2. The Balaban J connectivity index is 2.03. The van der Waals surface area contributed by atoms with E-state index in [9.17, 15) is 14.4 Å². The summed E-state index contributed by atoms with van der Waals surface area (Å²) in [6, 6.07) is 4.88. The van der Waals surface area contributed by atoms with E-state index in [0.29, 0.717) is 12.2 Å². The lowest BCUT2D eigenvalue weighted by Crippen LogP contribution is -2.46. The molecule has 6 heteroatoms. The molecule has 130 valence electrons. The van der Waals surface area contributed by atoms with Crippen molar-refractivity contribution in [1.29, 1.82) is 0 Å². The Morgan fingerprint density at radius 1 is 1.21 bits per heavy atom. The highest BCUT2D eigenvalue weighted by molar-refractivity contribution is 5.98. The first-order valence-electron chi connectivity index (χ1n) is 8.12. The highest BCUT2D eigenvalue weighted by Gasteiger charge is 2.26. The van der Waals surface area contributed by atoms with Crippen LogP contribution in [0.2, 0.25) is 0 Å². The SMILES string of the molecule is CC(=O)N1CCc2cc(NC(=O)C(C)NC(=O)C(C)(C)C)ccc21. The summed E-state index contributed by atoms with van der Waals surface area (Å²) in [6.07, 6.45) is 0.773. The highest BCUT2D eigenvalue weighted by Crippen LogP contribution is 2.30. The van der Waals surface area contributed by atoms with E-state index in [-0.39, 0.29) is 17.7 Å². The topological polar surface area (TPSA) is 78.5 Å². The minimum Gasteiger partial charge on any atom is -0.344 e. The first-order valence-corrected chi connectivity index (χ1v) is 8.12. The van der Waals surface area contributed by atoms with Crippen molar-refractivity contribution in [2.75, 3.05) is 16.8 Å². The van der Waals surface area contributed by atoms with Crippen LogP contribution in [-0.4, -0.2) is 30.3 Å². The molecule has 0 aromatic heterocycles. The number of amides is 3. The van der Waals surface area contributed by atoms with Gasteiger partial charge in [-0.25, -0.2) is 0 Å². The molecule has 1 aliphatic heterocycles. The summed E-state index contributed by atoms with van der Waals surface area (Å²) in [5, 5.41) is 5.53. The first kappa shape index (κ1) is 18.0. The van der Waals surface area contributed by atoms with Gasteiger partial charge in [0.1, 0.15) is 6.04 Å². The van der Waals surface area contributed by atoms with Gasteiger partial charge in [0.25, 0.3) is 0 Å². The molecule has 0 spiro atoms. The Bertz CT molecular complexity index is 677. The number of nitrogens with one attached hydrogen (secondary N) is 2. The van der Waals surface area contributed by atoms with E-state index in [4.69, 9.17) is 0 Å². The van der Waals surface area contributed by atoms with Crippen LogP contribution in [0.5, 0.6) is 0 Å². The molecule has 1 heterocycles. The lowest BCUT2D eigenvalue weighted by molar-refractivity contribution is -0.131. The van der Waals surface area contributed by atoms with E-state index in [2.05, 4.69) is 10.6 Å². The van der Waals surface area contributed by atoms with Gasteiger partial charge in [-0.2, -0.15) is 0 Å². The van der Waals surface area contributed by atoms with Crippen molar-refractivity contribution in [2.45, 2.75) is 47.1 Å². The molecular weight excluding hydrogens is 306 g/mol. The summed E-state index contributed by atoms with van der Waals surface area (Å²) in [6.45, 7) is 9.27. The molecule has 1 aliphatic rings. The zero-order valence-electron chi connectivity index (χ0n) is 14.9. The van der Waals surface area contributed by atoms with Gasteiger partial charge in [-0.1, -0.05) is 20.8 Å². The molecule has 0 fully saturated rings. The third-order valence-electron chi connectivity index (χ3n) is 4.04. The van der Waals surface area contributed by atoms with Crippen LogP contribution in [0.4, 0.5) is 11.4 Å². The molecule has 6 nitrogen and oxygen atoms in total.